The van der Waals surface area contributed by atoms with Crippen LogP contribution in [0, 0.1) is 0 Å². The second-order valence-corrected chi connectivity index (χ2v) is 7.27. The first-order chi connectivity index (χ1) is 9.58. The number of aryl methyl sites for hydroxylation is 1. The molecule has 1 aromatic carbocycles. The zero-order valence-corrected chi connectivity index (χ0v) is 13.2. The first kappa shape index (κ1) is 15.3. The summed E-state index contributed by atoms with van der Waals surface area (Å²) in [5.41, 5.74) is 2.58. The van der Waals surface area contributed by atoms with Gasteiger partial charge in [-0.05, 0) is 24.5 Å². The van der Waals surface area contributed by atoms with Gasteiger partial charge in [0.25, 0.3) is 0 Å². The van der Waals surface area contributed by atoms with Crippen LogP contribution in [0.1, 0.15) is 25.8 Å². The van der Waals surface area contributed by atoms with E-state index in [-0.39, 0.29) is 5.75 Å². The maximum atomic E-state index is 12.1. The van der Waals surface area contributed by atoms with Gasteiger partial charge in [0.05, 0.1) is 5.75 Å². The topological polar surface area (TPSA) is 40.6 Å². The van der Waals surface area contributed by atoms with Gasteiger partial charge in [0, 0.05) is 31.9 Å². The Morgan fingerprint density at radius 3 is 2.30 bits per heavy atom. The van der Waals surface area contributed by atoms with E-state index in [9.17, 15) is 8.42 Å². The molecule has 2 rings (SSSR count). The van der Waals surface area contributed by atoms with E-state index in [0.717, 1.165) is 19.5 Å². The summed E-state index contributed by atoms with van der Waals surface area (Å²) in [5.74, 6) is 0.262. The lowest BCUT2D eigenvalue weighted by atomic mass is 10.1. The van der Waals surface area contributed by atoms with Gasteiger partial charge in [-0.15, -0.1) is 0 Å². The molecule has 0 unspecified atom stereocenters. The van der Waals surface area contributed by atoms with Gasteiger partial charge in [-0.25, -0.2) is 8.42 Å². The van der Waals surface area contributed by atoms with Gasteiger partial charge >= 0.3 is 0 Å². The lowest BCUT2D eigenvalue weighted by Crippen LogP contribution is -2.49. The monoisotopic (exact) mass is 296 g/mol. The number of piperazine rings is 1. The molecule has 1 saturated heterocycles. The Morgan fingerprint density at radius 1 is 1.05 bits per heavy atom. The molecule has 112 valence electrons. The molecule has 1 aromatic rings. The molecule has 4 nitrogen and oxygen atoms in total. The molecule has 0 spiro atoms. The van der Waals surface area contributed by atoms with Crippen molar-refractivity contribution < 1.29 is 8.42 Å². The van der Waals surface area contributed by atoms with E-state index in [0.29, 0.717) is 19.5 Å². The van der Waals surface area contributed by atoms with Crippen LogP contribution in [0.3, 0.4) is 0 Å². The average Bonchev–Trinajstić information content (AvgIpc) is 2.47. The Bertz CT molecular complexity index is 535. The van der Waals surface area contributed by atoms with Gasteiger partial charge in [0.2, 0.25) is 10.0 Å². The third-order valence-electron chi connectivity index (χ3n) is 3.81. The molecule has 0 aromatic heterocycles. The van der Waals surface area contributed by atoms with Gasteiger partial charge in [0.15, 0.2) is 0 Å². The number of rotatable bonds is 5. The first-order valence-corrected chi connectivity index (χ1v) is 9.00. The highest BCUT2D eigenvalue weighted by Gasteiger charge is 2.26. The molecule has 0 saturated carbocycles. The lowest BCUT2D eigenvalue weighted by molar-refractivity contribution is 0.384. The molecule has 5 heteroatoms. The highest BCUT2D eigenvalue weighted by molar-refractivity contribution is 7.89. The number of hydrogen-bond acceptors (Lipinski definition) is 3. The van der Waals surface area contributed by atoms with Gasteiger partial charge in [-0.1, -0.05) is 32.0 Å². The van der Waals surface area contributed by atoms with E-state index in [1.54, 1.807) is 4.31 Å². The second kappa shape index (κ2) is 6.59. The summed E-state index contributed by atoms with van der Waals surface area (Å²) in [7, 11) is -3.05. The predicted octanol–water partition coefficient (Wildman–Crippen LogP) is 2.11. The van der Waals surface area contributed by atoms with Crippen molar-refractivity contribution in [3.8, 4) is 0 Å². The number of anilines is 1. The van der Waals surface area contributed by atoms with Crippen LogP contribution in [-0.4, -0.2) is 44.7 Å². The number of nitrogens with zero attached hydrogens (tertiary/aromatic N) is 2. The molecule has 20 heavy (non-hydrogen) atoms. The zero-order chi connectivity index (χ0) is 14.6. The van der Waals surface area contributed by atoms with E-state index in [1.807, 2.05) is 6.92 Å². The van der Waals surface area contributed by atoms with Gasteiger partial charge in [0.1, 0.15) is 0 Å². The van der Waals surface area contributed by atoms with Crippen LogP contribution >= 0.6 is 0 Å². The van der Waals surface area contributed by atoms with E-state index in [1.165, 1.54) is 11.3 Å². The number of para-hydroxylation sites is 1. The smallest absolute Gasteiger partial charge is 0.214 e. The molecule has 0 aliphatic carbocycles. The minimum absolute atomic E-state index is 0.262. The molecule has 0 atom stereocenters. The third-order valence-corrected chi connectivity index (χ3v) is 5.88. The summed E-state index contributed by atoms with van der Waals surface area (Å²) in [6, 6.07) is 8.39. The van der Waals surface area contributed by atoms with Crippen molar-refractivity contribution in [3.05, 3.63) is 29.8 Å². The standard InChI is InChI=1S/C15H24N2O2S/c1-3-13-20(18,19)17-11-9-16(10-12-17)15-8-6-5-7-14(15)4-2/h5-8H,3-4,9-13H2,1-2H3. The van der Waals surface area contributed by atoms with Crippen LogP contribution in [0.5, 0.6) is 0 Å². The Morgan fingerprint density at radius 2 is 1.70 bits per heavy atom. The molecule has 1 aliphatic rings. The minimum atomic E-state index is -3.05. The molecule has 1 heterocycles. The highest BCUT2D eigenvalue weighted by Crippen LogP contribution is 2.23. The Labute approximate surface area is 122 Å². The highest BCUT2D eigenvalue weighted by atomic mass is 32.2. The van der Waals surface area contributed by atoms with Crippen molar-refractivity contribution in [1.82, 2.24) is 4.31 Å². The van der Waals surface area contributed by atoms with Gasteiger partial charge in [-0.2, -0.15) is 4.31 Å². The number of sulfonamides is 1. The minimum Gasteiger partial charge on any atom is -0.369 e. The fourth-order valence-electron chi connectivity index (χ4n) is 2.71. The van der Waals surface area contributed by atoms with Crippen LogP contribution in [-0.2, 0) is 16.4 Å². The van der Waals surface area contributed by atoms with Crippen LogP contribution in [0.25, 0.3) is 0 Å². The largest absolute Gasteiger partial charge is 0.369 e. The first-order valence-electron chi connectivity index (χ1n) is 7.39. The van der Waals surface area contributed by atoms with E-state index in [2.05, 4.69) is 36.1 Å². The average molecular weight is 296 g/mol. The van der Waals surface area contributed by atoms with Crippen molar-refractivity contribution in [2.75, 3.05) is 36.8 Å². The predicted molar refractivity (Wildman–Crippen MR) is 83.7 cm³/mol. The van der Waals surface area contributed by atoms with Crippen LogP contribution in [0.4, 0.5) is 5.69 Å². The maximum absolute atomic E-state index is 12.1. The molecular weight excluding hydrogens is 272 g/mol. The molecular formula is C15H24N2O2S. The van der Waals surface area contributed by atoms with Crippen LogP contribution < -0.4 is 4.90 Å². The summed E-state index contributed by atoms with van der Waals surface area (Å²) < 4.78 is 25.8. The van der Waals surface area contributed by atoms with Crippen molar-refractivity contribution >= 4 is 15.7 Å². The summed E-state index contributed by atoms with van der Waals surface area (Å²) in [6.07, 6.45) is 1.69. The lowest BCUT2D eigenvalue weighted by Gasteiger charge is -2.36. The van der Waals surface area contributed by atoms with Crippen molar-refractivity contribution in [3.63, 3.8) is 0 Å². The molecule has 0 bridgehead atoms. The van der Waals surface area contributed by atoms with Gasteiger partial charge in [-0.3, -0.25) is 0 Å². The number of benzene rings is 1. The molecule has 1 fully saturated rings. The van der Waals surface area contributed by atoms with Crippen LogP contribution in [0.2, 0.25) is 0 Å². The van der Waals surface area contributed by atoms with Gasteiger partial charge < -0.3 is 4.90 Å². The summed E-state index contributed by atoms with van der Waals surface area (Å²) in [5, 5.41) is 0. The quantitative estimate of drug-likeness (QED) is 0.835. The zero-order valence-electron chi connectivity index (χ0n) is 12.4. The summed E-state index contributed by atoms with van der Waals surface area (Å²) in [4.78, 5) is 2.30. The Kier molecular flexibility index (Phi) is 5.05. The summed E-state index contributed by atoms with van der Waals surface area (Å²) >= 11 is 0. The van der Waals surface area contributed by atoms with E-state index >= 15 is 0 Å². The Balaban J connectivity index is 2.05. The third kappa shape index (κ3) is 3.33. The van der Waals surface area contributed by atoms with Crippen LogP contribution in [0.15, 0.2) is 24.3 Å². The SMILES string of the molecule is CCCS(=O)(=O)N1CCN(c2ccccc2CC)CC1. The molecule has 0 N–H and O–H groups in total. The normalized spacial score (nSPS) is 17.4. The summed E-state index contributed by atoms with van der Waals surface area (Å²) in [6.45, 7) is 6.81. The molecule has 0 amide bonds. The number of hydrogen-bond donors (Lipinski definition) is 0. The molecule has 0 radical (unpaired) electrons. The van der Waals surface area contributed by atoms with Crippen molar-refractivity contribution in [2.24, 2.45) is 0 Å². The van der Waals surface area contributed by atoms with Crippen molar-refractivity contribution in [1.29, 1.82) is 0 Å². The van der Waals surface area contributed by atoms with E-state index in [4.69, 9.17) is 0 Å². The fourth-order valence-corrected chi connectivity index (χ4v) is 4.21. The van der Waals surface area contributed by atoms with Crippen molar-refractivity contribution in [2.45, 2.75) is 26.7 Å². The Hall–Kier alpha value is -1.07. The molecule has 1 aliphatic heterocycles. The maximum Gasteiger partial charge on any atom is 0.214 e. The second-order valence-electron chi connectivity index (χ2n) is 5.18. The fraction of sp³-hybridized carbons (Fsp3) is 0.600. The van der Waals surface area contributed by atoms with E-state index < -0.39 is 10.0 Å².